The van der Waals surface area contributed by atoms with Crippen LogP contribution in [0.4, 0.5) is 0 Å². The zero-order valence-electron chi connectivity index (χ0n) is 54.4. The Bertz CT molecular complexity index is 2750. The van der Waals surface area contributed by atoms with Crippen LogP contribution in [0.3, 0.4) is 0 Å². The standard InChI is InChI=1S/C56H90O36S2/c1-65-23-15-24(66-2)32-16-31(23)93(61,62)79-21-29-37-43(71-7)50(78-14)56(86-29)92-38-30(22-80-94(32,63)64)85-55(49(77-13)44(38)72-8)90-36-28(20-60)83-53(47(75-11)42(36)70-6)88-34-26(18-58)81-51(45(73-9)40(34)68-4)87-33-25(17-57)82-52(46(74-10)39(33)67-3)89-35-27(19-59)84-54(91-37)48(76-12)41(35)69-5/h15-16,25-30,33-60H,17-22H2,1-14H3/t25-,26-,27-,28-,29-,30-,33-,34-,35-,36-,37-,38-,39+,40+,41+,42+,43+,44+,45-,46-,47-,48-,49-,50-,51-,52-,53-,54-,55-,56-/m1/s1. The van der Waals surface area contributed by atoms with Crippen molar-refractivity contribution in [2.75, 3.05) is 139 Å². The van der Waals surface area contributed by atoms with E-state index in [1.54, 1.807) is 0 Å². The molecule has 38 heteroatoms. The minimum Gasteiger partial charge on any atom is -0.495 e. The van der Waals surface area contributed by atoms with Gasteiger partial charge in [0.1, 0.15) is 168 Å². The van der Waals surface area contributed by atoms with Crippen LogP contribution in [0.15, 0.2) is 21.9 Å². The second-order valence-electron chi connectivity index (χ2n) is 22.6. The topological polar surface area (TPSA) is 408 Å². The lowest BCUT2D eigenvalue weighted by molar-refractivity contribution is -0.409. The molecule has 542 valence electrons. The largest absolute Gasteiger partial charge is 0.495 e. The summed E-state index contributed by atoms with van der Waals surface area (Å²) in [6, 6.07) is 1.73. The lowest BCUT2D eigenvalue weighted by Gasteiger charge is -2.53. The Hall–Kier alpha value is -2.48. The third-order valence-electron chi connectivity index (χ3n) is 18.0. The second-order valence-corrected chi connectivity index (χ2v) is 25.8. The normalized spacial score (nSPS) is 44.4. The summed E-state index contributed by atoms with van der Waals surface area (Å²) in [6.07, 6.45) is -41.6. The molecule has 1 aromatic carbocycles. The van der Waals surface area contributed by atoms with Crippen LogP contribution in [0.5, 0.6) is 11.5 Å². The summed E-state index contributed by atoms with van der Waals surface area (Å²) in [5, 5.41) is 44.7. The summed E-state index contributed by atoms with van der Waals surface area (Å²) in [5.74, 6) is -0.823. The molecule has 36 nitrogen and oxygen atoms in total. The van der Waals surface area contributed by atoms with Gasteiger partial charge < -0.3 is 144 Å². The van der Waals surface area contributed by atoms with E-state index in [1.165, 1.54) is 85.3 Å². The fourth-order valence-corrected chi connectivity index (χ4v) is 15.7. The molecule has 16 bridgehead atoms. The number of benzene rings is 1. The van der Waals surface area contributed by atoms with E-state index in [0.29, 0.717) is 0 Å². The Morgan fingerprint density at radius 3 is 0.734 bits per heavy atom. The van der Waals surface area contributed by atoms with Crippen LogP contribution < -0.4 is 9.47 Å². The van der Waals surface area contributed by atoms with Crippen LogP contribution in [0.2, 0.25) is 0 Å². The third kappa shape index (κ3) is 14.8. The van der Waals surface area contributed by atoms with Gasteiger partial charge >= 0.3 is 20.2 Å². The van der Waals surface area contributed by atoms with E-state index in [4.69, 9.17) is 132 Å². The van der Waals surface area contributed by atoms with E-state index in [1.807, 2.05) is 0 Å². The van der Waals surface area contributed by atoms with Crippen LogP contribution >= 0.6 is 0 Å². The lowest BCUT2D eigenvalue weighted by atomic mass is 9.94. The summed E-state index contributed by atoms with van der Waals surface area (Å²) < 4.78 is 234. The van der Waals surface area contributed by atoms with Gasteiger partial charge in [0.2, 0.25) is 0 Å². The van der Waals surface area contributed by atoms with E-state index >= 15 is 0 Å². The van der Waals surface area contributed by atoms with Crippen molar-refractivity contribution in [3.63, 3.8) is 0 Å². The monoisotopic (exact) mass is 1400 g/mol. The fourth-order valence-electron chi connectivity index (χ4n) is 13.5. The number of methoxy groups -OCH3 is 14. The molecule has 23 aliphatic rings. The summed E-state index contributed by atoms with van der Waals surface area (Å²) >= 11 is 0. The molecule has 94 heavy (non-hydrogen) atoms. The molecule has 0 amide bonds. The molecule has 0 radical (unpaired) electrons. The molecule has 0 aliphatic carbocycles. The number of rotatable bonds is 18. The Kier molecular flexibility index (Phi) is 26.8. The molecule has 0 saturated carbocycles. The lowest BCUT2D eigenvalue weighted by Crippen LogP contribution is -2.70. The van der Waals surface area contributed by atoms with Crippen molar-refractivity contribution >= 4 is 20.2 Å². The molecule has 4 N–H and O–H groups in total. The molecule has 23 heterocycles. The highest BCUT2D eigenvalue weighted by Gasteiger charge is 2.61. The smallest absolute Gasteiger partial charge is 0.300 e. The number of hydrogen-bond donors (Lipinski definition) is 4. The van der Waals surface area contributed by atoms with Gasteiger partial charge in [0.05, 0.1) is 53.9 Å². The maximum absolute atomic E-state index is 14.7. The maximum atomic E-state index is 14.7. The van der Waals surface area contributed by atoms with Gasteiger partial charge in [-0.05, 0) is 6.07 Å². The zero-order valence-corrected chi connectivity index (χ0v) is 56.0. The molecule has 30 atom stereocenters. The Morgan fingerprint density at radius 2 is 0.521 bits per heavy atom. The van der Waals surface area contributed by atoms with Gasteiger partial charge in [0, 0.05) is 91.4 Å². The average molecular weight is 1400 g/mol. The first kappa shape index (κ1) is 75.7. The number of hydrogen-bond acceptors (Lipinski definition) is 36. The van der Waals surface area contributed by atoms with Crippen molar-refractivity contribution in [1.29, 1.82) is 0 Å². The van der Waals surface area contributed by atoms with E-state index < -0.39 is 265 Å². The number of fused-ring (bicyclic) bond motifs is 2. The Balaban J connectivity index is 1.21. The molecule has 23 aliphatic heterocycles. The van der Waals surface area contributed by atoms with Gasteiger partial charge in [0.25, 0.3) is 0 Å². The van der Waals surface area contributed by atoms with Gasteiger partial charge in [-0.15, -0.1) is 0 Å². The minimum atomic E-state index is -5.11. The number of aliphatic hydroxyl groups is 4. The average Bonchev–Trinajstić information content (AvgIpc) is 0.959. The zero-order chi connectivity index (χ0) is 68.1. The number of aliphatic hydroxyl groups excluding tert-OH is 4. The first-order valence-corrected chi connectivity index (χ1v) is 32.8. The number of ether oxygens (including phenoxy) is 26. The van der Waals surface area contributed by atoms with Crippen molar-refractivity contribution in [3.05, 3.63) is 12.1 Å². The van der Waals surface area contributed by atoms with E-state index in [0.717, 1.165) is 26.4 Å². The second kappa shape index (κ2) is 33.3. The van der Waals surface area contributed by atoms with Crippen LogP contribution in [-0.2, 0) is 142 Å². The predicted octanol–water partition coefficient (Wildman–Crippen LogP) is -4.05. The molecule has 0 unspecified atom stereocenters. The molecule has 0 aromatic heterocycles. The highest BCUT2D eigenvalue weighted by Crippen LogP contribution is 2.44. The molecule has 0 spiro atoms. The summed E-state index contributed by atoms with van der Waals surface area (Å²) in [6.45, 7) is -4.90. The van der Waals surface area contributed by atoms with E-state index in [9.17, 15) is 37.3 Å². The Labute approximate surface area is 544 Å². The Morgan fingerprint density at radius 1 is 0.309 bits per heavy atom. The molecular weight excluding hydrogens is 1310 g/mol. The quantitative estimate of drug-likeness (QED) is 0.102. The highest BCUT2D eigenvalue weighted by molar-refractivity contribution is 7.87. The first-order valence-electron chi connectivity index (χ1n) is 30.0. The molecular formula is C56H90O36S2. The molecule has 24 rings (SSSR count). The SMILES string of the molecule is COc1cc(OC)c2cc1S(=O)(=O)OC[C@H]1O[C@@H]3O[C@H]4[C@H](OC)[C@@H](OC)[C@@H](O[C@H]5[C@H](OC)[C@@H](OC)[C@@H](O[C@H]6[C@H](OC)[C@@H](OC)[C@@H](O[C@H]7[C@H](OC)[C@@H](OC)[C@@H](O[C@H]8[C@H](OC)[C@@H](OC)[C@@H](O[C@H]1[C@H](OC)[C@H]3OC)O[C@@H]8CO)O[C@@H]7CO)O[C@@H]6CO)O[C@@H]5CO)O[C@@H]4COS2(=O)=O. The van der Waals surface area contributed by atoms with Gasteiger partial charge in [0.15, 0.2) is 37.7 Å². The van der Waals surface area contributed by atoms with Crippen molar-refractivity contribution in [1.82, 2.24) is 0 Å². The van der Waals surface area contributed by atoms with Gasteiger partial charge in [-0.25, -0.2) is 0 Å². The van der Waals surface area contributed by atoms with Crippen LogP contribution in [0.1, 0.15) is 0 Å². The summed E-state index contributed by atoms with van der Waals surface area (Å²) in [4.78, 5) is -1.59. The van der Waals surface area contributed by atoms with Crippen LogP contribution in [0.25, 0.3) is 0 Å². The summed E-state index contributed by atoms with van der Waals surface area (Å²) in [5.41, 5.74) is 0. The minimum absolute atomic E-state index is 0.411. The van der Waals surface area contributed by atoms with Crippen molar-refractivity contribution < 1.29 is 169 Å². The van der Waals surface area contributed by atoms with Crippen molar-refractivity contribution in [2.45, 2.75) is 194 Å². The van der Waals surface area contributed by atoms with Crippen molar-refractivity contribution in [3.8, 4) is 11.5 Å². The van der Waals surface area contributed by atoms with Gasteiger partial charge in [-0.2, -0.15) is 16.8 Å². The van der Waals surface area contributed by atoms with Crippen LogP contribution in [0, 0.1) is 0 Å². The van der Waals surface area contributed by atoms with Crippen LogP contribution in [-0.4, -0.2) is 361 Å². The first-order chi connectivity index (χ1) is 45.3. The van der Waals surface area contributed by atoms with Gasteiger partial charge in [-0.3, -0.25) is 8.37 Å². The maximum Gasteiger partial charge on any atom is 0.300 e. The van der Waals surface area contributed by atoms with Crippen molar-refractivity contribution in [2.24, 2.45) is 0 Å². The molecule has 22 saturated heterocycles. The predicted molar refractivity (Wildman–Crippen MR) is 305 cm³/mol. The van der Waals surface area contributed by atoms with E-state index in [2.05, 4.69) is 0 Å². The summed E-state index contributed by atoms with van der Waals surface area (Å²) in [7, 11) is 7.90. The molecule has 22 fully saturated rings. The fraction of sp³-hybridized carbons (Fsp3) is 0.893. The van der Waals surface area contributed by atoms with Gasteiger partial charge in [-0.1, -0.05) is 0 Å². The molecule has 1 aromatic rings. The highest BCUT2D eigenvalue weighted by atomic mass is 32.2. The van der Waals surface area contributed by atoms with E-state index in [-0.39, 0.29) is 0 Å². The third-order valence-corrected chi connectivity index (χ3v) is 20.7.